The van der Waals surface area contributed by atoms with Crippen LogP contribution in [0.1, 0.15) is 30.4 Å². The minimum Gasteiger partial charge on any atom is -0.481 e. The van der Waals surface area contributed by atoms with E-state index in [9.17, 15) is 22.4 Å². The normalized spacial score (nSPS) is 19.9. The highest BCUT2D eigenvalue weighted by Crippen LogP contribution is 2.32. The molecule has 0 spiro atoms. The van der Waals surface area contributed by atoms with Gasteiger partial charge in [0.1, 0.15) is 5.82 Å². The smallest absolute Gasteiger partial charge is 0.419 e. The van der Waals surface area contributed by atoms with Gasteiger partial charge in [-0.25, -0.2) is 4.39 Å². The van der Waals surface area contributed by atoms with Crippen LogP contribution >= 0.6 is 0 Å². The summed E-state index contributed by atoms with van der Waals surface area (Å²) < 4.78 is 51.2. The molecule has 0 amide bonds. The molecule has 2 rings (SSSR count). The number of likely N-dealkylation sites (tertiary alicyclic amines) is 1. The monoisotopic (exact) mass is 305 g/mol. The Kier molecular flexibility index (Phi) is 4.51. The Balaban J connectivity index is 2.14. The summed E-state index contributed by atoms with van der Waals surface area (Å²) in [5.74, 6) is -2.23. The molecule has 0 bridgehead atoms. The molecule has 1 N–H and O–H groups in total. The third-order valence-electron chi connectivity index (χ3n) is 3.63. The summed E-state index contributed by atoms with van der Waals surface area (Å²) >= 11 is 0. The molecule has 116 valence electrons. The molecule has 21 heavy (non-hydrogen) atoms. The van der Waals surface area contributed by atoms with E-state index in [4.69, 9.17) is 5.11 Å². The second kappa shape index (κ2) is 6.01. The Hall–Kier alpha value is -1.63. The summed E-state index contributed by atoms with van der Waals surface area (Å²) in [6.07, 6.45) is -3.25. The van der Waals surface area contributed by atoms with Crippen molar-refractivity contribution in [3.8, 4) is 0 Å². The lowest BCUT2D eigenvalue weighted by molar-refractivity contribution is -0.140. The van der Waals surface area contributed by atoms with E-state index in [-0.39, 0.29) is 19.0 Å². The van der Waals surface area contributed by atoms with E-state index in [1.807, 2.05) is 4.90 Å². The van der Waals surface area contributed by atoms with E-state index in [1.54, 1.807) is 0 Å². The summed E-state index contributed by atoms with van der Waals surface area (Å²) in [5.41, 5.74) is -0.949. The van der Waals surface area contributed by atoms with Crippen LogP contribution in [0.2, 0.25) is 0 Å². The largest absolute Gasteiger partial charge is 0.481 e. The molecule has 0 radical (unpaired) electrons. The molecule has 1 aromatic rings. The highest BCUT2D eigenvalue weighted by atomic mass is 19.4. The van der Waals surface area contributed by atoms with E-state index in [0.29, 0.717) is 18.5 Å². The van der Waals surface area contributed by atoms with Gasteiger partial charge in [0.15, 0.2) is 0 Å². The van der Waals surface area contributed by atoms with Gasteiger partial charge in [0.25, 0.3) is 0 Å². The van der Waals surface area contributed by atoms with Gasteiger partial charge in [-0.05, 0) is 37.1 Å². The van der Waals surface area contributed by atoms with Crippen LogP contribution in [0.3, 0.4) is 0 Å². The maximum absolute atomic E-state index is 13.2. The molecule has 0 aromatic heterocycles. The number of aliphatic carboxylic acids is 1. The van der Waals surface area contributed by atoms with Gasteiger partial charge in [-0.1, -0.05) is 6.07 Å². The molecule has 0 aliphatic carbocycles. The number of nitrogens with zero attached hydrogens (tertiary/aromatic N) is 1. The number of benzene rings is 1. The molecule has 1 heterocycles. The van der Waals surface area contributed by atoms with Gasteiger partial charge in [0, 0.05) is 12.6 Å². The van der Waals surface area contributed by atoms with Crippen LogP contribution in [0, 0.1) is 5.82 Å². The van der Waals surface area contributed by atoms with Gasteiger partial charge < -0.3 is 5.11 Å². The van der Waals surface area contributed by atoms with Crippen molar-refractivity contribution in [1.29, 1.82) is 0 Å². The minimum absolute atomic E-state index is 0.0344. The van der Waals surface area contributed by atoms with Crippen LogP contribution in [-0.4, -0.2) is 28.6 Å². The van der Waals surface area contributed by atoms with E-state index >= 15 is 0 Å². The van der Waals surface area contributed by atoms with Crippen molar-refractivity contribution in [2.24, 2.45) is 0 Å². The zero-order valence-electron chi connectivity index (χ0n) is 11.2. The molecule has 1 aliphatic heterocycles. The lowest BCUT2D eigenvalue weighted by Crippen LogP contribution is -2.31. The van der Waals surface area contributed by atoms with Crippen LogP contribution in [0.5, 0.6) is 0 Å². The number of hydrogen-bond donors (Lipinski definition) is 1. The fourth-order valence-corrected chi connectivity index (χ4v) is 2.66. The van der Waals surface area contributed by atoms with Crippen LogP contribution < -0.4 is 0 Å². The summed E-state index contributed by atoms with van der Waals surface area (Å²) in [7, 11) is 0. The van der Waals surface area contributed by atoms with Crippen LogP contribution in [0.4, 0.5) is 17.6 Å². The predicted octanol–water partition coefficient (Wildman–Crippen LogP) is 3.28. The molecule has 1 aromatic carbocycles. The van der Waals surface area contributed by atoms with Crippen molar-refractivity contribution in [2.45, 2.75) is 38.0 Å². The van der Waals surface area contributed by atoms with Gasteiger partial charge in [-0.3, -0.25) is 9.69 Å². The highest BCUT2D eigenvalue weighted by molar-refractivity contribution is 5.67. The number of rotatable bonds is 4. The Morgan fingerprint density at radius 1 is 1.38 bits per heavy atom. The van der Waals surface area contributed by atoms with Gasteiger partial charge in [0.05, 0.1) is 12.0 Å². The van der Waals surface area contributed by atoms with Gasteiger partial charge in [-0.2, -0.15) is 13.2 Å². The van der Waals surface area contributed by atoms with Crippen LogP contribution in [-0.2, 0) is 17.5 Å². The number of carbonyl (C=O) groups is 1. The van der Waals surface area contributed by atoms with Crippen molar-refractivity contribution in [1.82, 2.24) is 4.90 Å². The van der Waals surface area contributed by atoms with E-state index < -0.39 is 23.5 Å². The Bertz CT molecular complexity index is 530. The first-order valence-electron chi connectivity index (χ1n) is 6.59. The van der Waals surface area contributed by atoms with Crippen LogP contribution in [0.25, 0.3) is 0 Å². The highest BCUT2D eigenvalue weighted by Gasteiger charge is 2.34. The number of hydrogen-bond acceptors (Lipinski definition) is 2. The number of halogens is 4. The fraction of sp³-hybridized carbons (Fsp3) is 0.500. The number of carboxylic acid groups (broad SMARTS) is 1. The van der Waals surface area contributed by atoms with Gasteiger partial charge in [-0.15, -0.1) is 0 Å². The summed E-state index contributed by atoms with van der Waals surface area (Å²) in [4.78, 5) is 12.6. The third-order valence-corrected chi connectivity index (χ3v) is 3.63. The molecule has 0 saturated carbocycles. The zero-order valence-corrected chi connectivity index (χ0v) is 11.2. The van der Waals surface area contributed by atoms with Crippen molar-refractivity contribution < 1.29 is 27.5 Å². The Morgan fingerprint density at radius 3 is 2.71 bits per heavy atom. The number of carboxylic acids is 1. The predicted molar refractivity (Wildman–Crippen MR) is 67.1 cm³/mol. The molecular formula is C14H15F4NO2. The Morgan fingerprint density at radius 2 is 2.10 bits per heavy atom. The topological polar surface area (TPSA) is 40.5 Å². The van der Waals surface area contributed by atoms with Crippen LogP contribution in [0.15, 0.2) is 18.2 Å². The molecule has 1 atom stereocenters. The molecule has 3 nitrogen and oxygen atoms in total. The van der Waals surface area contributed by atoms with Gasteiger partial charge >= 0.3 is 12.1 Å². The lowest BCUT2D eigenvalue weighted by Gasteiger charge is -2.23. The first-order chi connectivity index (χ1) is 9.77. The average molecular weight is 305 g/mol. The molecular weight excluding hydrogens is 290 g/mol. The van der Waals surface area contributed by atoms with E-state index in [1.165, 1.54) is 6.07 Å². The summed E-state index contributed by atoms with van der Waals surface area (Å²) in [5, 5.41) is 8.82. The lowest BCUT2D eigenvalue weighted by atomic mass is 10.1. The maximum Gasteiger partial charge on any atom is 0.419 e. The first-order valence-corrected chi connectivity index (χ1v) is 6.59. The number of alkyl halides is 3. The zero-order chi connectivity index (χ0) is 15.6. The van der Waals surface area contributed by atoms with Gasteiger partial charge in [0.2, 0.25) is 0 Å². The molecule has 1 unspecified atom stereocenters. The summed E-state index contributed by atoms with van der Waals surface area (Å²) in [6.45, 7) is 0.831. The first kappa shape index (κ1) is 15.8. The third kappa shape index (κ3) is 3.93. The van der Waals surface area contributed by atoms with Crippen molar-refractivity contribution in [3.05, 3.63) is 35.1 Å². The quantitative estimate of drug-likeness (QED) is 0.868. The second-order valence-corrected chi connectivity index (χ2v) is 5.18. The Labute approximate surface area is 119 Å². The maximum atomic E-state index is 13.2. The fourth-order valence-electron chi connectivity index (χ4n) is 2.66. The minimum atomic E-state index is -4.73. The SMILES string of the molecule is O=C(O)CC1CCCN1Cc1ccc(F)c(C(F)(F)F)c1. The average Bonchev–Trinajstić information content (AvgIpc) is 2.77. The van der Waals surface area contributed by atoms with E-state index in [0.717, 1.165) is 18.6 Å². The van der Waals surface area contributed by atoms with Crippen molar-refractivity contribution in [3.63, 3.8) is 0 Å². The summed E-state index contributed by atoms with van der Waals surface area (Å²) in [6, 6.07) is 2.73. The molecule has 1 aliphatic rings. The second-order valence-electron chi connectivity index (χ2n) is 5.18. The van der Waals surface area contributed by atoms with E-state index in [2.05, 4.69) is 0 Å². The standard InChI is InChI=1S/C14H15F4NO2/c15-12-4-3-9(6-11(12)14(16,17)18)8-19-5-1-2-10(19)7-13(20)21/h3-4,6,10H,1-2,5,7-8H2,(H,20,21). The molecule has 1 saturated heterocycles. The molecule has 7 heteroatoms. The molecule has 1 fully saturated rings. The van der Waals surface area contributed by atoms with Crippen molar-refractivity contribution >= 4 is 5.97 Å². The van der Waals surface area contributed by atoms with Crippen molar-refractivity contribution in [2.75, 3.05) is 6.54 Å².